The van der Waals surface area contributed by atoms with Gasteiger partial charge in [-0.3, -0.25) is 4.98 Å². The number of tetrazole rings is 1. The summed E-state index contributed by atoms with van der Waals surface area (Å²) in [4.78, 5) is 4.02. The van der Waals surface area contributed by atoms with E-state index < -0.39 is 0 Å². The van der Waals surface area contributed by atoms with Gasteiger partial charge in [0.05, 0.1) is 11.9 Å². The maximum Gasteiger partial charge on any atom is 0.156 e. The summed E-state index contributed by atoms with van der Waals surface area (Å²) >= 11 is 0. The number of aromatic nitrogens is 5. The highest BCUT2D eigenvalue weighted by atomic mass is 15.5. The summed E-state index contributed by atoms with van der Waals surface area (Å²) in [6.45, 7) is 0.639. The minimum Gasteiger partial charge on any atom is -0.330 e. The average molecular weight is 204 g/mol. The number of hydrogen-bond acceptors (Lipinski definition) is 5. The Balaban J connectivity index is 2.25. The molecule has 2 aromatic heterocycles. The van der Waals surface area contributed by atoms with Crippen LogP contribution in [0.5, 0.6) is 0 Å². The lowest BCUT2D eigenvalue weighted by Crippen LogP contribution is -2.07. The Labute approximate surface area is 87.1 Å². The van der Waals surface area contributed by atoms with Gasteiger partial charge in [0.15, 0.2) is 5.82 Å². The SMILES string of the molecule is NCCCc1nnnn1-c1cccnc1. The predicted octanol–water partition coefficient (Wildman–Crippen LogP) is -0.0514. The lowest BCUT2D eigenvalue weighted by Gasteiger charge is -2.02. The van der Waals surface area contributed by atoms with Crippen molar-refractivity contribution in [3.8, 4) is 5.69 Å². The first kappa shape index (κ1) is 9.72. The van der Waals surface area contributed by atoms with E-state index in [1.807, 2.05) is 12.1 Å². The highest BCUT2D eigenvalue weighted by molar-refractivity contribution is 5.26. The first-order valence-electron chi connectivity index (χ1n) is 4.79. The van der Waals surface area contributed by atoms with Crippen LogP contribution in [0.4, 0.5) is 0 Å². The van der Waals surface area contributed by atoms with Gasteiger partial charge >= 0.3 is 0 Å². The Hall–Kier alpha value is -1.82. The summed E-state index contributed by atoms with van der Waals surface area (Å²) in [6, 6.07) is 3.76. The van der Waals surface area contributed by atoms with Gasteiger partial charge in [-0.2, -0.15) is 4.68 Å². The largest absolute Gasteiger partial charge is 0.330 e. The molecular formula is C9H12N6. The number of pyridine rings is 1. The van der Waals surface area contributed by atoms with Crippen LogP contribution in [0.15, 0.2) is 24.5 Å². The van der Waals surface area contributed by atoms with E-state index in [4.69, 9.17) is 5.73 Å². The smallest absolute Gasteiger partial charge is 0.156 e. The molecule has 0 fully saturated rings. The van der Waals surface area contributed by atoms with E-state index in [2.05, 4.69) is 20.5 Å². The molecule has 6 heteroatoms. The molecule has 0 amide bonds. The van der Waals surface area contributed by atoms with Gasteiger partial charge < -0.3 is 5.73 Å². The third kappa shape index (κ3) is 2.16. The summed E-state index contributed by atoms with van der Waals surface area (Å²) in [5.41, 5.74) is 6.31. The summed E-state index contributed by atoms with van der Waals surface area (Å²) in [7, 11) is 0. The third-order valence-corrected chi connectivity index (χ3v) is 2.03. The number of hydrogen-bond donors (Lipinski definition) is 1. The van der Waals surface area contributed by atoms with Crippen LogP contribution in [0.25, 0.3) is 5.69 Å². The van der Waals surface area contributed by atoms with Crippen LogP contribution >= 0.6 is 0 Å². The van der Waals surface area contributed by atoms with Gasteiger partial charge in [-0.15, -0.1) is 5.10 Å². The van der Waals surface area contributed by atoms with Gasteiger partial charge in [0, 0.05) is 12.6 Å². The van der Waals surface area contributed by atoms with Crippen molar-refractivity contribution in [1.29, 1.82) is 0 Å². The van der Waals surface area contributed by atoms with Crippen molar-refractivity contribution in [2.75, 3.05) is 6.54 Å². The normalized spacial score (nSPS) is 10.5. The Kier molecular flexibility index (Phi) is 2.99. The molecule has 0 atom stereocenters. The topological polar surface area (TPSA) is 82.5 Å². The molecule has 0 aliphatic carbocycles. The summed E-state index contributed by atoms with van der Waals surface area (Å²) in [6.07, 6.45) is 5.09. The summed E-state index contributed by atoms with van der Waals surface area (Å²) < 4.78 is 1.68. The number of nitrogens with two attached hydrogens (primary N) is 1. The van der Waals surface area contributed by atoms with Gasteiger partial charge in [0.25, 0.3) is 0 Å². The fourth-order valence-electron chi connectivity index (χ4n) is 1.30. The van der Waals surface area contributed by atoms with E-state index in [1.54, 1.807) is 17.1 Å². The van der Waals surface area contributed by atoms with Gasteiger partial charge in [0.2, 0.25) is 0 Å². The minimum absolute atomic E-state index is 0.639. The lowest BCUT2D eigenvalue weighted by atomic mass is 10.3. The second kappa shape index (κ2) is 4.61. The fourth-order valence-corrected chi connectivity index (χ4v) is 1.30. The molecule has 0 aliphatic heterocycles. The second-order valence-corrected chi connectivity index (χ2v) is 3.11. The third-order valence-electron chi connectivity index (χ3n) is 2.03. The standard InChI is InChI=1S/C9H12N6/c10-5-1-4-9-12-13-14-15(9)8-3-2-6-11-7-8/h2-3,6-7H,1,4-5,10H2. The maximum atomic E-state index is 5.44. The van der Waals surface area contributed by atoms with Crippen LogP contribution in [0.3, 0.4) is 0 Å². The summed E-state index contributed by atoms with van der Waals surface area (Å²) in [5, 5.41) is 11.5. The highest BCUT2D eigenvalue weighted by Gasteiger charge is 2.06. The molecule has 0 saturated heterocycles. The minimum atomic E-state index is 0.639. The Morgan fingerprint density at radius 2 is 2.33 bits per heavy atom. The zero-order chi connectivity index (χ0) is 10.5. The van der Waals surface area contributed by atoms with Crippen LogP contribution in [-0.2, 0) is 6.42 Å². The van der Waals surface area contributed by atoms with Gasteiger partial charge in [-0.05, 0) is 35.5 Å². The van der Waals surface area contributed by atoms with Crippen molar-refractivity contribution in [3.05, 3.63) is 30.4 Å². The number of rotatable bonds is 4. The van der Waals surface area contributed by atoms with Gasteiger partial charge in [-0.1, -0.05) is 0 Å². The molecule has 2 N–H and O–H groups in total. The molecule has 0 aliphatic rings. The number of aryl methyl sites for hydroxylation is 1. The maximum absolute atomic E-state index is 5.44. The van der Waals surface area contributed by atoms with Crippen LogP contribution < -0.4 is 5.73 Å². The zero-order valence-corrected chi connectivity index (χ0v) is 8.24. The van der Waals surface area contributed by atoms with Crippen LogP contribution in [0.2, 0.25) is 0 Å². The highest BCUT2D eigenvalue weighted by Crippen LogP contribution is 2.06. The molecule has 6 nitrogen and oxygen atoms in total. The van der Waals surface area contributed by atoms with E-state index in [1.165, 1.54) is 0 Å². The number of nitrogens with zero attached hydrogens (tertiary/aromatic N) is 5. The summed E-state index contributed by atoms with van der Waals surface area (Å²) in [5.74, 6) is 0.813. The van der Waals surface area contributed by atoms with Crippen molar-refractivity contribution in [2.24, 2.45) is 5.73 Å². The Morgan fingerprint density at radius 1 is 1.40 bits per heavy atom. The lowest BCUT2D eigenvalue weighted by molar-refractivity contribution is 0.724. The van der Waals surface area contributed by atoms with E-state index in [0.29, 0.717) is 6.54 Å². The quantitative estimate of drug-likeness (QED) is 0.754. The molecule has 2 rings (SSSR count). The van der Waals surface area contributed by atoms with Gasteiger partial charge in [-0.25, -0.2) is 0 Å². The Morgan fingerprint density at radius 3 is 3.07 bits per heavy atom. The molecule has 2 aromatic rings. The molecule has 0 bridgehead atoms. The molecular weight excluding hydrogens is 192 g/mol. The van der Waals surface area contributed by atoms with Gasteiger partial charge in [0.1, 0.15) is 0 Å². The Bertz CT molecular complexity index is 410. The van der Waals surface area contributed by atoms with Crippen molar-refractivity contribution >= 4 is 0 Å². The monoisotopic (exact) mass is 204 g/mol. The van der Waals surface area contributed by atoms with Crippen LogP contribution in [-0.4, -0.2) is 31.7 Å². The molecule has 0 spiro atoms. The molecule has 78 valence electrons. The van der Waals surface area contributed by atoms with E-state index >= 15 is 0 Å². The van der Waals surface area contributed by atoms with E-state index in [9.17, 15) is 0 Å². The van der Waals surface area contributed by atoms with Crippen molar-refractivity contribution in [3.63, 3.8) is 0 Å². The molecule has 15 heavy (non-hydrogen) atoms. The molecule has 0 aromatic carbocycles. The predicted molar refractivity (Wildman–Crippen MR) is 54.3 cm³/mol. The molecule has 0 unspecified atom stereocenters. The van der Waals surface area contributed by atoms with Crippen molar-refractivity contribution < 1.29 is 0 Å². The van der Waals surface area contributed by atoms with E-state index in [0.717, 1.165) is 24.4 Å². The van der Waals surface area contributed by atoms with Crippen LogP contribution in [0, 0.1) is 0 Å². The van der Waals surface area contributed by atoms with Crippen LogP contribution in [0.1, 0.15) is 12.2 Å². The zero-order valence-electron chi connectivity index (χ0n) is 8.24. The first-order valence-corrected chi connectivity index (χ1v) is 4.79. The molecule has 2 heterocycles. The molecule has 0 radical (unpaired) electrons. The van der Waals surface area contributed by atoms with E-state index in [-0.39, 0.29) is 0 Å². The second-order valence-electron chi connectivity index (χ2n) is 3.11. The first-order chi connectivity index (χ1) is 7.42. The van der Waals surface area contributed by atoms with Crippen molar-refractivity contribution in [1.82, 2.24) is 25.2 Å². The fraction of sp³-hybridized carbons (Fsp3) is 0.333. The average Bonchev–Trinajstić information content (AvgIpc) is 2.75. The molecule has 0 saturated carbocycles. The van der Waals surface area contributed by atoms with Crippen molar-refractivity contribution in [2.45, 2.75) is 12.8 Å².